The van der Waals surface area contributed by atoms with E-state index in [0.29, 0.717) is 0 Å². The summed E-state index contributed by atoms with van der Waals surface area (Å²) in [6.45, 7) is 0. The molecule has 0 saturated carbocycles. The Kier molecular flexibility index (Phi) is 3.62. The minimum absolute atomic E-state index is 0.759. The van der Waals surface area contributed by atoms with Crippen molar-refractivity contribution in [1.29, 1.82) is 0 Å². The average Bonchev–Trinajstić information content (AvgIpc) is 3.11. The van der Waals surface area contributed by atoms with Crippen LogP contribution in [0.4, 0.5) is 0 Å². The van der Waals surface area contributed by atoms with E-state index in [1.807, 2.05) is 12.1 Å². The summed E-state index contributed by atoms with van der Waals surface area (Å²) in [7, 11) is 0. The highest BCUT2D eigenvalue weighted by atomic mass is 35.5. The predicted molar refractivity (Wildman–Crippen MR) is 124 cm³/mol. The maximum Gasteiger partial charge on any atom is 0.0406 e. The van der Waals surface area contributed by atoms with Crippen molar-refractivity contribution < 1.29 is 0 Å². The smallest absolute Gasteiger partial charge is 0.0406 e. The molecule has 0 bridgehead atoms. The lowest BCUT2D eigenvalue weighted by atomic mass is 9.90. The van der Waals surface area contributed by atoms with Crippen LogP contribution in [0.25, 0.3) is 55.3 Å². The highest BCUT2D eigenvalue weighted by Gasteiger charge is 2.22. The lowest BCUT2D eigenvalue weighted by Crippen LogP contribution is -1.87. The molecule has 1 aliphatic carbocycles. The standard InChI is InChI=1S/C28H17Cl/c29-19-14-12-18(13-15-19)20-6-1-2-7-21(20)24-16-17-27-23-9-4-3-8-22(23)25-10-5-11-26(24)28(25)27/h1-17H. The third-order valence-corrected chi connectivity index (χ3v) is 6.17. The number of hydrogen-bond acceptors (Lipinski definition) is 0. The Morgan fingerprint density at radius 1 is 0.379 bits per heavy atom. The molecule has 1 heteroatoms. The van der Waals surface area contributed by atoms with Crippen molar-refractivity contribution in [1.82, 2.24) is 0 Å². The fourth-order valence-electron chi connectivity index (χ4n) is 4.64. The minimum atomic E-state index is 0.759. The molecule has 0 aromatic heterocycles. The van der Waals surface area contributed by atoms with Gasteiger partial charge in [-0.15, -0.1) is 0 Å². The molecule has 0 nitrogen and oxygen atoms in total. The third kappa shape index (κ3) is 2.46. The van der Waals surface area contributed by atoms with E-state index in [-0.39, 0.29) is 0 Å². The summed E-state index contributed by atoms with van der Waals surface area (Å²) in [6, 6.07) is 36.7. The van der Waals surface area contributed by atoms with Crippen LogP contribution in [0.2, 0.25) is 5.02 Å². The molecule has 5 aromatic carbocycles. The van der Waals surface area contributed by atoms with E-state index in [2.05, 4.69) is 91.0 Å². The van der Waals surface area contributed by atoms with Crippen LogP contribution in [0.1, 0.15) is 0 Å². The molecule has 29 heavy (non-hydrogen) atoms. The van der Waals surface area contributed by atoms with Crippen LogP contribution < -0.4 is 0 Å². The van der Waals surface area contributed by atoms with Gasteiger partial charge in [0.05, 0.1) is 0 Å². The topological polar surface area (TPSA) is 0 Å². The summed E-state index contributed by atoms with van der Waals surface area (Å²) in [5.74, 6) is 0. The normalized spacial score (nSPS) is 11.6. The van der Waals surface area contributed by atoms with Gasteiger partial charge >= 0.3 is 0 Å². The molecule has 0 spiro atoms. The van der Waals surface area contributed by atoms with Crippen LogP contribution in [-0.4, -0.2) is 0 Å². The Bertz CT molecular complexity index is 1360. The second-order valence-electron chi connectivity index (χ2n) is 7.49. The van der Waals surface area contributed by atoms with Gasteiger partial charge in [0.15, 0.2) is 0 Å². The first kappa shape index (κ1) is 16.6. The fourth-order valence-corrected chi connectivity index (χ4v) is 4.77. The molecule has 0 aliphatic heterocycles. The second kappa shape index (κ2) is 6.34. The van der Waals surface area contributed by atoms with E-state index in [9.17, 15) is 0 Å². The van der Waals surface area contributed by atoms with Crippen molar-refractivity contribution in [2.24, 2.45) is 0 Å². The quantitative estimate of drug-likeness (QED) is 0.279. The maximum absolute atomic E-state index is 6.12. The zero-order valence-corrected chi connectivity index (χ0v) is 16.4. The molecule has 0 saturated heterocycles. The Morgan fingerprint density at radius 3 is 1.59 bits per heavy atom. The van der Waals surface area contributed by atoms with Crippen LogP contribution in [0.15, 0.2) is 103 Å². The first-order valence-corrected chi connectivity index (χ1v) is 10.2. The molecule has 1 aliphatic rings. The van der Waals surface area contributed by atoms with Gasteiger partial charge in [-0.1, -0.05) is 103 Å². The van der Waals surface area contributed by atoms with Crippen molar-refractivity contribution in [2.75, 3.05) is 0 Å². The van der Waals surface area contributed by atoms with Gasteiger partial charge in [-0.2, -0.15) is 0 Å². The SMILES string of the molecule is Clc1ccc(-c2ccccc2-c2ccc3c4c(cccc24)-c2ccccc2-3)cc1. The van der Waals surface area contributed by atoms with Crippen molar-refractivity contribution in [3.8, 4) is 44.5 Å². The first-order valence-electron chi connectivity index (χ1n) is 9.82. The first-order chi connectivity index (χ1) is 14.3. The maximum atomic E-state index is 6.12. The molecule has 0 heterocycles. The second-order valence-corrected chi connectivity index (χ2v) is 7.92. The van der Waals surface area contributed by atoms with Crippen molar-refractivity contribution >= 4 is 22.4 Å². The van der Waals surface area contributed by atoms with Gasteiger partial charge in [0.25, 0.3) is 0 Å². The van der Waals surface area contributed by atoms with Gasteiger partial charge in [0, 0.05) is 5.02 Å². The number of benzene rings is 5. The van der Waals surface area contributed by atoms with Crippen LogP contribution in [0, 0.1) is 0 Å². The summed E-state index contributed by atoms with van der Waals surface area (Å²) in [4.78, 5) is 0. The monoisotopic (exact) mass is 388 g/mol. The van der Waals surface area contributed by atoms with Gasteiger partial charge in [0.2, 0.25) is 0 Å². The summed E-state index contributed by atoms with van der Waals surface area (Å²) < 4.78 is 0. The molecule has 0 N–H and O–H groups in total. The zero-order valence-electron chi connectivity index (χ0n) is 15.7. The van der Waals surface area contributed by atoms with E-state index >= 15 is 0 Å². The van der Waals surface area contributed by atoms with Crippen molar-refractivity contribution in [3.63, 3.8) is 0 Å². The van der Waals surface area contributed by atoms with E-state index in [0.717, 1.165) is 5.02 Å². The molecule has 0 fully saturated rings. The van der Waals surface area contributed by atoms with Gasteiger partial charge in [0.1, 0.15) is 0 Å². The molecule has 6 rings (SSSR count). The van der Waals surface area contributed by atoms with E-state index in [1.165, 1.54) is 55.3 Å². The fraction of sp³-hybridized carbons (Fsp3) is 0. The van der Waals surface area contributed by atoms with Gasteiger partial charge < -0.3 is 0 Å². The third-order valence-electron chi connectivity index (χ3n) is 5.92. The average molecular weight is 389 g/mol. The number of rotatable bonds is 2. The highest BCUT2D eigenvalue weighted by molar-refractivity contribution is 6.30. The molecule has 136 valence electrons. The number of hydrogen-bond donors (Lipinski definition) is 0. The highest BCUT2D eigenvalue weighted by Crippen LogP contribution is 2.49. The van der Waals surface area contributed by atoms with Gasteiger partial charge in [-0.25, -0.2) is 0 Å². The Hall–Kier alpha value is -3.35. The van der Waals surface area contributed by atoms with Crippen molar-refractivity contribution in [2.45, 2.75) is 0 Å². The van der Waals surface area contributed by atoms with Gasteiger partial charge in [-0.3, -0.25) is 0 Å². The molecule has 0 unspecified atom stereocenters. The molecule has 0 atom stereocenters. The molecule has 0 amide bonds. The summed E-state index contributed by atoms with van der Waals surface area (Å²) >= 11 is 6.12. The molecular formula is C28H17Cl. The zero-order chi connectivity index (χ0) is 19.4. The molecule has 5 aromatic rings. The largest absolute Gasteiger partial charge is 0.0843 e. The Labute approximate surface area is 175 Å². The summed E-state index contributed by atoms with van der Waals surface area (Å²) in [5.41, 5.74) is 10.2. The number of fused-ring (bicyclic) bond motifs is 3. The summed E-state index contributed by atoms with van der Waals surface area (Å²) in [5, 5.41) is 3.42. The predicted octanol–water partition coefficient (Wildman–Crippen LogP) is 8.47. The van der Waals surface area contributed by atoms with Crippen LogP contribution in [-0.2, 0) is 0 Å². The Morgan fingerprint density at radius 2 is 0.897 bits per heavy atom. The van der Waals surface area contributed by atoms with Gasteiger partial charge in [-0.05, 0) is 67.4 Å². The molecular weight excluding hydrogens is 372 g/mol. The Balaban J connectivity index is 1.64. The lowest BCUT2D eigenvalue weighted by molar-refractivity contribution is 1.60. The minimum Gasteiger partial charge on any atom is -0.0843 e. The lowest BCUT2D eigenvalue weighted by Gasteiger charge is -2.14. The number of halogens is 1. The van der Waals surface area contributed by atoms with Crippen LogP contribution >= 0.6 is 11.6 Å². The van der Waals surface area contributed by atoms with E-state index < -0.39 is 0 Å². The van der Waals surface area contributed by atoms with E-state index in [1.54, 1.807) is 0 Å². The van der Waals surface area contributed by atoms with Crippen LogP contribution in [0.5, 0.6) is 0 Å². The summed E-state index contributed by atoms with van der Waals surface area (Å²) in [6.07, 6.45) is 0. The van der Waals surface area contributed by atoms with Crippen LogP contribution in [0.3, 0.4) is 0 Å². The van der Waals surface area contributed by atoms with E-state index in [4.69, 9.17) is 11.6 Å². The van der Waals surface area contributed by atoms with Crippen molar-refractivity contribution in [3.05, 3.63) is 108 Å². The molecule has 0 radical (unpaired) electrons.